The molecule has 0 bridgehead atoms. The molecule has 0 aromatic carbocycles. The van der Waals surface area contributed by atoms with Gasteiger partial charge in [-0.1, -0.05) is 6.92 Å². The molecule has 0 spiro atoms. The van der Waals surface area contributed by atoms with Crippen LogP contribution in [0, 0.1) is 5.92 Å². The Hall–Kier alpha value is -1.13. The van der Waals surface area contributed by atoms with E-state index in [4.69, 9.17) is 0 Å². The molecule has 0 aliphatic carbocycles. The van der Waals surface area contributed by atoms with Crippen molar-refractivity contribution in [1.82, 2.24) is 0 Å². The highest BCUT2D eigenvalue weighted by Gasteiger charge is 2.42. The van der Waals surface area contributed by atoms with Gasteiger partial charge < -0.3 is 9.47 Å². The van der Waals surface area contributed by atoms with Crippen LogP contribution < -0.4 is 0 Å². The van der Waals surface area contributed by atoms with Gasteiger partial charge in [-0.3, -0.25) is 4.79 Å². The zero-order valence-corrected chi connectivity index (χ0v) is 7.45. The Labute approximate surface area is 75.0 Å². The summed E-state index contributed by atoms with van der Waals surface area (Å²) in [4.78, 5) is 21.1. The van der Waals surface area contributed by atoms with Crippen molar-refractivity contribution in [3.8, 4) is 0 Å². The molecule has 0 aromatic rings. The summed E-state index contributed by atoms with van der Waals surface area (Å²) < 4.78 is 22.1. The van der Waals surface area contributed by atoms with E-state index in [9.17, 15) is 14.0 Å². The Morgan fingerprint density at radius 2 is 2.31 bits per heavy atom. The highest BCUT2D eigenvalue weighted by molar-refractivity contribution is 5.77. The fourth-order valence-electron chi connectivity index (χ4n) is 1.11. The van der Waals surface area contributed by atoms with Crippen LogP contribution in [-0.4, -0.2) is 30.8 Å². The Morgan fingerprint density at radius 3 is 2.69 bits per heavy atom. The predicted octanol–water partition coefficient (Wildman–Crippen LogP) is 0.449. The number of halogens is 1. The third-order valence-corrected chi connectivity index (χ3v) is 1.99. The number of rotatable bonds is 2. The van der Waals surface area contributed by atoms with Crippen molar-refractivity contribution < 1.29 is 23.5 Å². The van der Waals surface area contributed by atoms with E-state index in [1.807, 2.05) is 0 Å². The van der Waals surface area contributed by atoms with E-state index in [0.29, 0.717) is 0 Å². The molecular weight excluding hydrogens is 179 g/mol. The van der Waals surface area contributed by atoms with Crippen LogP contribution in [0.25, 0.3) is 0 Å². The predicted molar refractivity (Wildman–Crippen MR) is 40.6 cm³/mol. The first-order valence-corrected chi connectivity index (χ1v) is 4.00. The summed E-state index contributed by atoms with van der Waals surface area (Å²) in [5, 5.41) is 0. The van der Waals surface area contributed by atoms with Crippen LogP contribution in [0.5, 0.6) is 0 Å². The molecule has 0 aromatic heterocycles. The fourth-order valence-corrected chi connectivity index (χ4v) is 1.11. The lowest BCUT2D eigenvalue weighted by molar-refractivity contribution is -0.152. The summed E-state index contributed by atoms with van der Waals surface area (Å²) in [6.45, 7) is 2.72. The highest BCUT2D eigenvalue weighted by atomic mass is 19.1. The molecule has 4 nitrogen and oxygen atoms in total. The smallest absolute Gasteiger partial charge is 0.341 e. The van der Waals surface area contributed by atoms with Crippen molar-refractivity contribution in [3.63, 3.8) is 0 Å². The molecule has 5 heteroatoms. The van der Waals surface area contributed by atoms with Gasteiger partial charge in [0.25, 0.3) is 0 Å². The normalized spacial score (nSPS) is 32.8. The topological polar surface area (TPSA) is 52.6 Å². The van der Waals surface area contributed by atoms with E-state index in [1.54, 1.807) is 6.92 Å². The second-order valence-electron chi connectivity index (χ2n) is 3.04. The third-order valence-electron chi connectivity index (χ3n) is 1.99. The molecule has 74 valence electrons. The minimum Gasteiger partial charge on any atom is -0.462 e. The molecule has 1 fully saturated rings. The van der Waals surface area contributed by atoms with E-state index >= 15 is 0 Å². The Balaban J connectivity index is 2.44. The molecule has 0 amide bonds. The van der Waals surface area contributed by atoms with Gasteiger partial charge in [0, 0.05) is 12.8 Å². The molecule has 0 unspecified atom stereocenters. The lowest BCUT2D eigenvalue weighted by Gasteiger charge is -2.12. The standard InChI is InChI=1S/C8H11FO4/c1-4-6(3-12-5(2)10)13-8(11)7(4)9/h4,6-7H,3H2,1-2H3/t4-,6+,7-/m0/s1. The van der Waals surface area contributed by atoms with Crippen molar-refractivity contribution in [2.75, 3.05) is 6.61 Å². The molecule has 1 heterocycles. The van der Waals surface area contributed by atoms with E-state index in [2.05, 4.69) is 9.47 Å². The summed E-state index contributed by atoms with van der Waals surface area (Å²) in [5.74, 6) is -1.89. The molecule has 1 saturated heterocycles. The van der Waals surface area contributed by atoms with Crippen LogP contribution in [0.4, 0.5) is 4.39 Å². The van der Waals surface area contributed by atoms with Gasteiger partial charge in [-0.25, -0.2) is 9.18 Å². The van der Waals surface area contributed by atoms with E-state index in [0.717, 1.165) is 0 Å². The molecular formula is C8H11FO4. The molecule has 1 rings (SSSR count). The first-order chi connectivity index (χ1) is 6.02. The maximum atomic E-state index is 12.9. The second kappa shape index (κ2) is 3.72. The first kappa shape index (κ1) is 9.95. The lowest BCUT2D eigenvalue weighted by Crippen LogP contribution is -2.24. The average molecular weight is 190 g/mol. The van der Waals surface area contributed by atoms with E-state index < -0.39 is 30.1 Å². The van der Waals surface area contributed by atoms with Crippen LogP contribution in [-0.2, 0) is 19.1 Å². The largest absolute Gasteiger partial charge is 0.462 e. The number of hydrogen-bond acceptors (Lipinski definition) is 4. The first-order valence-electron chi connectivity index (χ1n) is 4.00. The molecule has 1 aliphatic heterocycles. The summed E-state index contributed by atoms with van der Waals surface area (Å²) in [5.41, 5.74) is 0. The molecule has 0 saturated carbocycles. The van der Waals surface area contributed by atoms with Gasteiger partial charge in [-0.2, -0.15) is 0 Å². The number of carbonyl (C=O) groups is 2. The van der Waals surface area contributed by atoms with Crippen molar-refractivity contribution >= 4 is 11.9 Å². The van der Waals surface area contributed by atoms with Crippen molar-refractivity contribution in [3.05, 3.63) is 0 Å². The zero-order valence-electron chi connectivity index (χ0n) is 7.45. The zero-order chi connectivity index (χ0) is 10.0. The lowest BCUT2D eigenvalue weighted by atomic mass is 10.0. The average Bonchev–Trinajstić information content (AvgIpc) is 2.29. The van der Waals surface area contributed by atoms with Gasteiger partial charge in [0.1, 0.15) is 12.7 Å². The molecule has 0 radical (unpaired) electrons. The molecule has 1 aliphatic rings. The van der Waals surface area contributed by atoms with E-state index in [-0.39, 0.29) is 6.61 Å². The fraction of sp³-hybridized carbons (Fsp3) is 0.750. The Kier molecular flexibility index (Phi) is 2.85. The van der Waals surface area contributed by atoms with Gasteiger partial charge in [-0.15, -0.1) is 0 Å². The van der Waals surface area contributed by atoms with Crippen LogP contribution in [0.2, 0.25) is 0 Å². The van der Waals surface area contributed by atoms with Crippen LogP contribution in [0.1, 0.15) is 13.8 Å². The molecule has 3 atom stereocenters. The molecule has 0 N–H and O–H groups in total. The Bertz CT molecular complexity index is 228. The minimum atomic E-state index is -1.60. The van der Waals surface area contributed by atoms with Crippen molar-refractivity contribution in [2.45, 2.75) is 26.1 Å². The maximum Gasteiger partial charge on any atom is 0.341 e. The van der Waals surface area contributed by atoms with Gasteiger partial charge in [0.05, 0.1) is 0 Å². The number of cyclic esters (lactones) is 1. The van der Waals surface area contributed by atoms with Crippen molar-refractivity contribution in [2.24, 2.45) is 5.92 Å². The van der Waals surface area contributed by atoms with Gasteiger partial charge in [0.2, 0.25) is 6.17 Å². The summed E-state index contributed by atoms with van der Waals surface area (Å²) in [7, 11) is 0. The van der Waals surface area contributed by atoms with Crippen LogP contribution in [0.3, 0.4) is 0 Å². The number of esters is 2. The maximum absolute atomic E-state index is 12.9. The Morgan fingerprint density at radius 1 is 1.69 bits per heavy atom. The highest BCUT2D eigenvalue weighted by Crippen LogP contribution is 2.24. The summed E-state index contributed by atoms with van der Waals surface area (Å²) >= 11 is 0. The minimum absolute atomic E-state index is 0.0668. The van der Waals surface area contributed by atoms with Crippen molar-refractivity contribution in [1.29, 1.82) is 0 Å². The number of carbonyl (C=O) groups excluding carboxylic acids is 2. The SMILES string of the molecule is CC(=O)OC[C@H]1OC(=O)[C@@H](F)[C@H]1C. The number of ether oxygens (including phenoxy) is 2. The van der Waals surface area contributed by atoms with Crippen LogP contribution in [0.15, 0.2) is 0 Å². The van der Waals surface area contributed by atoms with Gasteiger partial charge in [-0.05, 0) is 0 Å². The van der Waals surface area contributed by atoms with Gasteiger partial charge in [0.15, 0.2) is 0 Å². The second-order valence-corrected chi connectivity index (χ2v) is 3.04. The van der Waals surface area contributed by atoms with E-state index in [1.165, 1.54) is 6.92 Å². The van der Waals surface area contributed by atoms with Crippen LogP contribution >= 0.6 is 0 Å². The number of alkyl halides is 1. The summed E-state index contributed by atoms with van der Waals surface area (Å²) in [6, 6.07) is 0. The summed E-state index contributed by atoms with van der Waals surface area (Å²) in [6.07, 6.45) is -2.24. The third kappa shape index (κ3) is 2.17. The molecule has 13 heavy (non-hydrogen) atoms. The number of hydrogen-bond donors (Lipinski definition) is 0. The van der Waals surface area contributed by atoms with Gasteiger partial charge >= 0.3 is 11.9 Å². The quantitative estimate of drug-likeness (QED) is 0.593. The monoisotopic (exact) mass is 190 g/mol.